The molecule has 0 heterocycles. The molecule has 0 aromatic heterocycles. The van der Waals surface area contributed by atoms with E-state index in [9.17, 15) is 9.59 Å². The van der Waals surface area contributed by atoms with Gasteiger partial charge in [0.2, 0.25) is 6.41 Å². The van der Waals surface area contributed by atoms with Crippen LogP contribution in [0.2, 0.25) is 0 Å². The number of amides is 1. The van der Waals surface area contributed by atoms with Gasteiger partial charge in [-0.2, -0.15) is 0 Å². The van der Waals surface area contributed by atoms with Crippen LogP contribution in [0, 0.1) is 0 Å². The van der Waals surface area contributed by atoms with E-state index in [0.29, 0.717) is 12.8 Å². The van der Waals surface area contributed by atoms with E-state index >= 15 is 0 Å². The van der Waals surface area contributed by atoms with Gasteiger partial charge in [0.25, 0.3) is 0 Å². The molecule has 0 bridgehead atoms. The minimum absolute atomic E-state index is 0. The zero-order chi connectivity index (χ0) is 10.4. The Hall–Kier alpha value is -0.580. The van der Waals surface area contributed by atoms with Crippen molar-refractivity contribution in [2.75, 3.05) is 0 Å². The van der Waals surface area contributed by atoms with E-state index in [-0.39, 0.29) is 37.7 Å². The summed E-state index contributed by atoms with van der Waals surface area (Å²) in [4.78, 5) is 20.8. The van der Waals surface area contributed by atoms with E-state index < -0.39 is 12.0 Å². The number of nitrogens with one attached hydrogen (secondary N) is 1. The molecule has 0 aliphatic carbocycles. The standard InChI is InChI=1S/C10H11NO3.Ca.2H/c12-7-11-9(10(13)14)6-8-4-2-1-3-5-8;;;/h1-5,7,9H,6H2,(H,11,12)(H,13,14);;;/t9-;;;/m0.../s1. The number of hydrogen-bond acceptors (Lipinski definition) is 2. The van der Waals surface area contributed by atoms with Crippen LogP contribution in [0.4, 0.5) is 0 Å². The van der Waals surface area contributed by atoms with Crippen LogP contribution >= 0.6 is 0 Å². The third-order valence-electron chi connectivity index (χ3n) is 1.85. The summed E-state index contributed by atoms with van der Waals surface area (Å²) < 4.78 is 0. The van der Waals surface area contributed by atoms with Gasteiger partial charge in [-0.3, -0.25) is 4.79 Å². The molecule has 1 aromatic carbocycles. The molecular formula is C10H13CaNO3. The van der Waals surface area contributed by atoms with Crippen LogP contribution in [0.5, 0.6) is 0 Å². The fourth-order valence-corrected chi connectivity index (χ4v) is 1.15. The number of benzene rings is 1. The molecule has 78 valence electrons. The summed E-state index contributed by atoms with van der Waals surface area (Å²) >= 11 is 0. The third kappa shape index (κ3) is 5.16. The van der Waals surface area contributed by atoms with Crippen LogP contribution in [-0.4, -0.2) is 61.3 Å². The van der Waals surface area contributed by atoms with Crippen molar-refractivity contribution in [1.82, 2.24) is 5.32 Å². The van der Waals surface area contributed by atoms with Gasteiger partial charge in [-0.15, -0.1) is 0 Å². The van der Waals surface area contributed by atoms with Gasteiger partial charge >= 0.3 is 43.7 Å². The maximum absolute atomic E-state index is 10.7. The number of carboxylic acid groups (broad SMARTS) is 1. The van der Waals surface area contributed by atoms with E-state index in [1.165, 1.54) is 0 Å². The molecule has 1 aromatic rings. The maximum atomic E-state index is 10.7. The van der Waals surface area contributed by atoms with Crippen molar-refractivity contribution in [2.45, 2.75) is 12.5 Å². The molecule has 1 atom stereocenters. The first-order chi connectivity index (χ1) is 6.74. The van der Waals surface area contributed by atoms with Gasteiger partial charge in [-0.05, 0) is 5.56 Å². The first-order valence-corrected chi connectivity index (χ1v) is 4.20. The van der Waals surface area contributed by atoms with Crippen LogP contribution in [0.1, 0.15) is 5.56 Å². The molecule has 1 amide bonds. The van der Waals surface area contributed by atoms with Crippen molar-refractivity contribution in [1.29, 1.82) is 0 Å². The summed E-state index contributed by atoms with van der Waals surface area (Å²) in [6.45, 7) is 0. The van der Waals surface area contributed by atoms with Gasteiger partial charge in [0, 0.05) is 6.42 Å². The summed E-state index contributed by atoms with van der Waals surface area (Å²) in [6, 6.07) is 8.30. The van der Waals surface area contributed by atoms with E-state index in [1.807, 2.05) is 30.3 Å². The second kappa shape index (κ2) is 7.68. The molecule has 0 radical (unpaired) electrons. The molecule has 0 aliphatic heterocycles. The Bertz CT molecular complexity index is 316. The van der Waals surface area contributed by atoms with Crippen molar-refractivity contribution in [2.24, 2.45) is 0 Å². The molecule has 0 saturated heterocycles. The van der Waals surface area contributed by atoms with Gasteiger partial charge < -0.3 is 10.4 Å². The van der Waals surface area contributed by atoms with Crippen LogP contribution in [0.3, 0.4) is 0 Å². The van der Waals surface area contributed by atoms with E-state index in [2.05, 4.69) is 5.32 Å². The number of hydrogen-bond donors (Lipinski definition) is 2. The van der Waals surface area contributed by atoms with Crippen molar-refractivity contribution in [3.63, 3.8) is 0 Å². The Balaban J connectivity index is 0.00000196. The molecule has 15 heavy (non-hydrogen) atoms. The molecule has 1 rings (SSSR count). The Kier molecular flexibility index (Phi) is 7.38. The van der Waals surface area contributed by atoms with E-state index in [4.69, 9.17) is 5.11 Å². The van der Waals surface area contributed by atoms with Gasteiger partial charge in [0.05, 0.1) is 0 Å². The van der Waals surface area contributed by atoms with Crippen molar-refractivity contribution < 1.29 is 14.7 Å². The molecular weight excluding hydrogens is 222 g/mol. The molecule has 2 N–H and O–H groups in total. The zero-order valence-corrected chi connectivity index (χ0v) is 7.51. The monoisotopic (exact) mass is 235 g/mol. The van der Waals surface area contributed by atoms with Crippen LogP contribution in [0.15, 0.2) is 30.3 Å². The topological polar surface area (TPSA) is 66.4 Å². The Morgan fingerprint density at radius 2 is 2.00 bits per heavy atom. The van der Waals surface area contributed by atoms with Gasteiger partial charge in [0.1, 0.15) is 6.04 Å². The van der Waals surface area contributed by atoms with Crippen molar-refractivity contribution >= 4 is 50.1 Å². The summed E-state index contributed by atoms with van der Waals surface area (Å²) in [5.41, 5.74) is 0.884. The molecule has 5 heteroatoms. The molecule has 0 fully saturated rings. The first-order valence-electron chi connectivity index (χ1n) is 4.20. The first kappa shape index (κ1) is 14.4. The Morgan fingerprint density at radius 1 is 1.40 bits per heavy atom. The van der Waals surface area contributed by atoms with Crippen LogP contribution in [0.25, 0.3) is 0 Å². The number of aliphatic carboxylic acids is 1. The average Bonchev–Trinajstić information content (AvgIpc) is 2.18. The quantitative estimate of drug-likeness (QED) is 0.535. The third-order valence-corrected chi connectivity index (χ3v) is 1.85. The van der Waals surface area contributed by atoms with Gasteiger partial charge in [-0.1, -0.05) is 30.3 Å². The summed E-state index contributed by atoms with van der Waals surface area (Å²) in [7, 11) is 0. The summed E-state index contributed by atoms with van der Waals surface area (Å²) in [5, 5.41) is 11.0. The summed E-state index contributed by atoms with van der Waals surface area (Å²) in [5.74, 6) is -1.03. The Morgan fingerprint density at radius 3 is 2.47 bits per heavy atom. The van der Waals surface area contributed by atoms with Crippen molar-refractivity contribution in [3.05, 3.63) is 35.9 Å². The van der Waals surface area contributed by atoms with Crippen LogP contribution < -0.4 is 5.32 Å². The number of rotatable bonds is 5. The number of carbonyl (C=O) groups is 2. The van der Waals surface area contributed by atoms with E-state index in [1.54, 1.807) is 0 Å². The minimum atomic E-state index is -1.03. The fraction of sp³-hybridized carbons (Fsp3) is 0.200. The SMILES string of the molecule is O=CN[C@@H](Cc1ccccc1)C(=O)O.[CaH2]. The van der Waals surface area contributed by atoms with Gasteiger partial charge in [-0.25, -0.2) is 4.79 Å². The average molecular weight is 235 g/mol. The van der Waals surface area contributed by atoms with Crippen LogP contribution in [-0.2, 0) is 16.0 Å². The normalized spacial score (nSPS) is 10.9. The van der Waals surface area contributed by atoms with E-state index in [0.717, 1.165) is 5.56 Å². The second-order valence-corrected chi connectivity index (χ2v) is 2.87. The number of carboxylic acids is 1. The van der Waals surface area contributed by atoms with Crippen molar-refractivity contribution in [3.8, 4) is 0 Å². The fourth-order valence-electron chi connectivity index (χ4n) is 1.15. The second-order valence-electron chi connectivity index (χ2n) is 2.87. The molecule has 0 saturated carbocycles. The predicted molar refractivity (Wildman–Crippen MR) is 59.3 cm³/mol. The Labute approximate surface area is 118 Å². The number of carbonyl (C=O) groups excluding carboxylic acids is 1. The zero-order valence-electron chi connectivity index (χ0n) is 7.51. The molecule has 0 aliphatic rings. The molecule has 0 spiro atoms. The molecule has 4 nitrogen and oxygen atoms in total. The molecule has 0 unspecified atom stereocenters. The summed E-state index contributed by atoms with van der Waals surface area (Å²) in [6.07, 6.45) is 0.705. The van der Waals surface area contributed by atoms with Gasteiger partial charge in [0.15, 0.2) is 0 Å². The predicted octanol–water partition coefficient (Wildman–Crippen LogP) is -0.488.